The molecule has 0 radical (unpaired) electrons. The van der Waals surface area contributed by atoms with Gasteiger partial charge in [0.05, 0.1) is 18.4 Å². The second-order valence-corrected chi connectivity index (χ2v) is 7.60. The first kappa shape index (κ1) is 18.1. The lowest BCUT2D eigenvalue weighted by Crippen LogP contribution is -2.33. The van der Waals surface area contributed by atoms with Crippen molar-refractivity contribution in [2.24, 2.45) is 5.10 Å². The summed E-state index contributed by atoms with van der Waals surface area (Å²) in [5.41, 5.74) is 4.31. The molecular weight excluding hydrogens is 384 g/mol. The molecule has 0 N–H and O–H groups in total. The lowest BCUT2D eigenvalue weighted by molar-refractivity contribution is -0.0190. The predicted molar refractivity (Wildman–Crippen MR) is 115 cm³/mol. The highest BCUT2D eigenvalue weighted by Gasteiger charge is 2.41. The summed E-state index contributed by atoms with van der Waals surface area (Å²) < 4.78 is 12.0. The molecule has 3 aromatic rings. The van der Waals surface area contributed by atoms with E-state index in [1.807, 2.05) is 67.6 Å². The van der Waals surface area contributed by atoms with E-state index in [0.29, 0.717) is 11.6 Å². The summed E-state index contributed by atoms with van der Waals surface area (Å²) in [7, 11) is 0. The van der Waals surface area contributed by atoms with E-state index in [-0.39, 0.29) is 12.3 Å². The zero-order chi connectivity index (χ0) is 19.8. The highest BCUT2D eigenvalue weighted by atomic mass is 35.5. The summed E-state index contributed by atoms with van der Waals surface area (Å²) in [6.07, 6.45) is 0.513. The molecule has 0 amide bonds. The number of hydrazone groups is 1. The van der Waals surface area contributed by atoms with Crippen LogP contribution >= 0.6 is 11.6 Å². The largest absolute Gasteiger partial charge is 0.494 e. The normalized spacial score (nSPS) is 19.8. The minimum atomic E-state index is -0.300. The van der Waals surface area contributed by atoms with Gasteiger partial charge in [0.2, 0.25) is 6.23 Å². The molecule has 2 aliphatic heterocycles. The van der Waals surface area contributed by atoms with Gasteiger partial charge >= 0.3 is 0 Å². The molecule has 0 saturated heterocycles. The molecule has 5 rings (SSSR count). The Kier molecular flexibility index (Phi) is 4.64. The molecule has 4 nitrogen and oxygen atoms in total. The summed E-state index contributed by atoms with van der Waals surface area (Å²) in [5.74, 6) is 1.71. The van der Waals surface area contributed by atoms with Gasteiger partial charge in [-0.05, 0) is 55.0 Å². The van der Waals surface area contributed by atoms with E-state index in [2.05, 4.69) is 17.1 Å². The van der Waals surface area contributed by atoms with Gasteiger partial charge in [0.1, 0.15) is 11.5 Å². The van der Waals surface area contributed by atoms with Crippen molar-refractivity contribution < 1.29 is 9.47 Å². The smallest absolute Gasteiger partial charge is 0.213 e. The molecule has 0 bridgehead atoms. The van der Waals surface area contributed by atoms with Crippen LogP contribution < -0.4 is 9.47 Å². The van der Waals surface area contributed by atoms with Crippen LogP contribution in [0.15, 0.2) is 77.9 Å². The van der Waals surface area contributed by atoms with Crippen LogP contribution in [0.1, 0.15) is 42.3 Å². The number of rotatable bonds is 4. The molecule has 0 aliphatic carbocycles. The summed E-state index contributed by atoms with van der Waals surface area (Å²) >= 11 is 6.30. The first-order chi connectivity index (χ1) is 14.2. The fourth-order valence-corrected chi connectivity index (χ4v) is 4.16. The van der Waals surface area contributed by atoms with E-state index in [9.17, 15) is 0 Å². The van der Waals surface area contributed by atoms with Crippen LogP contribution in [0.5, 0.6) is 11.5 Å². The molecule has 0 fully saturated rings. The molecule has 3 aromatic carbocycles. The second kappa shape index (κ2) is 7.45. The van der Waals surface area contributed by atoms with Crippen molar-refractivity contribution in [2.75, 3.05) is 6.61 Å². The lowest BCUT2D eigenvalue weighted by atomic mass is 9.96. The molecule has 2 atom stereocenters. The van der Waals surface area contributed by atoms with Crippen LogP contribution in [-0.4, -0.2) is 17.3 Å². The second-order valence-electron chi connectivity index (χ2n) is 7.17. The Morgan fingerprint density at radius 3 is 2.62 bits per heavy atom. The number of hydrogen-bond acceptors (Lipinski definition) is 4. The third-order valence-corrected chi connectivity index (χ3v) is 5.57. The Morgan fingerprint density at radius 1 is 1.07 bits per heavy atom. The maximum Gasteiger partial charge on any atom is 0.213 e. The van der Waals surface area contributed by atoms with Crippen LogP contribution in [0, 0.1) is 0 Å². The quantitative estimate of drug-likeness (QED) is 0.536. The molecule has 0 aromatic heterocycles. The molecule has 0 unspecified atom stereocenters. The maximum atomic E-state index is 6.39. The average Bonchev–Trinajstić information content (AvgIpc) is 3.21. The first-order valence-electron chi connectivity index (χ1n) is 9.83. The molecule has 29 heavy (non-hydrogen) atoms. The highest BCUT2D eigenvalue weighted by molar-refractivity contribution is 6.30. The molecule has 5 heteroatoms. The number of benzene rings is 3. The Labute approximate surface area is 175 Å². The summed E-state index contributed by atoms with van der Waals surface area (Å²) in [5, 5.41) is 7.75. The van der Waals surface area contributed by atoms with Crippen LogP contribution in [0.25, 0.3) is 0 Å². The fourth-order valence-electron chi connectivity index (χ4n) is 3.98. The van der Waals surface area contributed by atoms with Crippen molar-refractivity contribution in [1.82, 2.24) is 5.01 Å². The van der Waals surface area contributed by atoms with Crippen LogP contribution in [0.3, 0.4) is 0 Å². The molecule has 2 aliphatic rings. The third kappa shape index (κ3) is 3.34. The van der Waals surface area contributed by atoms with E-state index >= 15 is 0 Å². The monoisotopic (exact) mass is 404 g/mol. The van der Waals surface area contributed by atoms with Crippen LogP contribution in [0.2, 0.25) is 5.02 Å². The molecule has 146 valence electrons. The van der Waals surface area contributed by atoms with Crippen molar-refractivity contribution in [3.05, 3.63) is 94.5 Å². The van der Waals surface area contributed by atoms with E-state index in [1.54, 1.807) is 0 Å². The van der Waals surface area contributed by atoms with Gasteiger partial charge in [-0.2, -0.15) is 5.10 Å². The SMILES string of the molecule is CCOc1ccc([C@@H]2Oc3ccc(Cl)cc3[C@H]3CC(c4ccccc4)=NN32)cc1. The van der Waals surface area contributed by atoms with E-state index in [1.165, 1.54) is 0 Å². The molecule has 2 heterocycles. The molecule has 0 saturated carbocycles. The van der Waals surface area contributed by atoms with E-state index < -0.39 is 0 Å². The minimum Gasteiger partial charge on any atom is -0.494 e. The van der Waals surface area contributed by atoms with E-state index in [0.717, 1.165) is 40.3 Å². The van der Waals surface area contributed by atoms with Crippen molar-refractivity contribution in [3.8, 4) is 11.5 Å². The number of halogens is 1. The summed E-state index contributed by atoms with van der Waals surface area (Å²) in [4.78, 5) is 0. The van der Waals surface area contributed by atoms with Crippen LogP contribution in [0.4, 0.5) is 0 Å². The summed E-state index contributed by atoms with van der Waals surface area (Å²) in [6, 6.07) is 24.3. The van der Waals surface area contributed by atoms with Crippen molar-refractivity contribution >= 4 is 17.3 Å². The summed E-state index contributed by atoms with van der Waals surface area (Å²) in [6.45, 7) is 2.63. The lowest BCUT2D eigenvalue weighted by Gasteiger charge is -2.38. The zero-order valence-electron chi connectivity index (χ0n) is 16.1. The molecular formula is C24H21ClN2O2. The van der Waals surface area contributed by atoms with Gasteiger partial charge < -0.3 is 9.47 Å². The standard InChI is InChI=1S/C24H21ClN2O2/c1-2-28-19-11-8-17(9-12-19)24-27-22(20-14-18(25)10-13-23(20)29-24)15-21(26-27)16-6-4-3-5-7-16/h3-14,22,24H,2,15H2,1H3/t22-,24+/m1/s1. The zero-order valence-corrected chi connectivity index (χ0v) is 16.8. The van der Waals surface area contributed by atoms with Gasteiger partial charge in [0, 0.05) is 22.6 Å². The van der Waals surface area contributed by atoms with Gasteiger partial charge in [0.15, 0.2) is 0 Å². The van der Waals surface area contributed by atoms with Gasteiger partial charge in [0.25, 0.3) is 0 Å². The van der Waals surface area contributed by atoms with Gasteiger partial charge in [-0.15, -0.1) is 0 Å². The Bertz CT molecular complexity index is 1050. The van der Waals surface area contributed by atoms with Crippen molar-refractivity contribution in [1.29, 1.82) is 0 Å². The van der Waals surface area contributed by atoms with Gasteiger partial charge in [-0.25, -0.2) is 5.01 Å². The Hall–Kier alpha value is -2.98. The van der Waals surface area contributed by atoms with E-state index in [4.69, 9.17) is 26.2 Å². The Morgan fingerprint density at radius 2 is 1.86 bits per heavy atom. The number of hydrogen-bond donors (Lipinski definition) is 0. The number of nitrogens with zero attached hydrogens (tertiary/aromatic N) is 2. The number of fused-ring (bicyclic) bond motifs is 3. The Balaban J connectivity index is 1.56. The van der Waals surface area contributed by atoms with Crippen molar-refractivity contribution in [3.63, 3.8) is 0 Å². The predicted octanol–water partition coefficient (Wildman–Crippen LogP) is 5.98. The topological polar surface area (TPSA) is 34.1 Å². The van der Waals surface area contributed by atoms with Gasteiger partial charge in [-0.3, -0.25) is 0 Å². The number of ether oxygens (including phenoxy) is 2. The maximum absolute atomic E-state index is 6.39. The average molecular weight is 405 g/mol. The minimum absolute atomic E-state index is 0.0872. The van der Waals surface area contributed by atoms with Gasteiger partial charge in [-0.1, -0.05) is 41.9 Å². The van der Waals surface area contributed by atoms with Crippen LogP contribution in [-0.2, 0) is 0 Å². The first-order valence-corrected chi connectivity index (χ1v) is 10.2. The highest BCUT2D eigenvalue weighted by Crippen LogP contribution is 2.48. The molecule has 0 spiro atoms. The third-order valence-electron chi connectivity index (χ3n) is 5.34. The van der Waals surface area contributed by atoms with Crippen molar-refractivity contribution in [2.45, 2.75) is 25.6 Å². The fraction of sp³-hybridized carbons (Fsp3) is 0.208.